The number of nitrogens with zero attached hydrogens (tertiary/aromatic N) is 5. The predicted molar refractivity (Wildman–Crippen MR) is 154 cm³/mol. The largest absolute Gasteiger partial charge is 0.494 e. The fourth-order valence-electron chi connectivity index (χ4n) is 4.32. The summed E-state index contributed by atoms with van der Waals surface area (Å²) in [5.74, 6) is 0.196. The summed E-state index contributed by atoms with van der Waals surface area (Å²) in [5.41, 5.74) is 1.17. The second-order valence-electron chi connectivity index (χ2n) is 8.47. The Balaban J connectivity index is 0.00000400. The molecule has 0 bridgehead atoms. The number of amides is 1. The maximum Gasteiger partial charge on any atom is 0.293 e. The first-order valence-corrected chi connectivity index (χ1v) is 13.4. The molecule has 1 amide bonds. The Morgan fingerprint density at radius 2 is 1.92 bits per heavy atom. The van der Waals surface area contributed by atoms with Crippen LogP contribution in [0.4, 0.5) is 16.5 Å². The smallest absolute Gasteiger partial charge is 0.293 e. The topological polar surface area (TPSA) is 101 Å². The van der Waals surface area contributed by atoms with Crippen molar-refractivity contribution in [3.8, 4) is 5.75 Å². The second-order valence-corrected chi connectivity index (χ2v) is 9.85. The van der Waals surface area contributed by atoms with Crippen molar-refractivity contribution >= 4 is 68.0 Å². The minimum atomic E-state index is -0.440. The van der Waals surface area contributed by atoms with E-state index in [4.69, 9.17) is 26.1 Å². The number of ether oxygens (including phenoxy) is 2. The van der Waals surface area contributed by atoms with E-state index in [0.717, 1.165) is 13.1 Å². The van der Waals surface area contributed by atoms with Gasteiger partial charge in [0.1, 0.15) is 17.0 Å². The lowest BCUT2D eigenvalue weighted by atomic mass is 10.1. The summed E-state index contributed by atoms with van der Waals surface area (Å²) in [6.45, 7) is 8.87. The molecular formula is C25H31Cl2N5O5S. The zero-order chi connectivity index (χ0) is 26.5. The Bertz CT molecular complexity index is 1280. The molecule has 13 heteroatoms. The molecule has 0 unspecified atom stereocenters. The number of carbonyl (C=O) groups excluding carboxylic acids is 1. The number of anilines is 2. The standard InChI is InChI=1S/C25H30ClN5O5S.ClH/c1-4-28(5-2)10-11-30(25-27-22-21(35-3)9-7-18(26)23(22)37-25)24(32)17-6-8-19(20(16-17)31(33)34)29-12-14-36-15-13-29;/h6-9,16H,4-5,10-15H2,1-3H3;1H. The molecule has 1 fully saturated rings. The molecule has 0 spiro atoms. The van der Waals surface area contributed by atoms with Gasteiger partial charge in [-0.1, -0.05) is 36.8 Å². The van der Waals surface area contributed by atoms with Crippen molar-refractivity contribution in [3.05, 3.63) is 51.0 Å². The summed E-state index contributed by atoms with van der Waals surface area (Å²) in [7, 11) is 1.56. The number of hydrogen-bond donors (Lipinski definition) is 0. The van der Waals surface area contributed by atoms with Crippen molar-refractivity contribution in [2.45, 2.75) is 13.8 Å². The zero-order valence-corrected chi connectivity index (χ0v) is 23.9. The summed E-state index contributed by atoms with van der Waals surface area (Å²) < 4.78 is 11.5. The van der Waals surface area contributed by atoms with Crippen LogP contribution in [0, 0.1) is 10.1 Å². The molecule has 0 saturated carbocycles. The average molecular weight is 585 g/mol. The van der Waals surface area contributed by atoms with E-state index in [1.807, 2.05) is 4.90 Å². The Kier molecular flexibility index (Phi) is 10.5. The number of halogens is 2. The van der Waals surface area contributed by atoms with Gasteiger partial charge in [-0.3, -0.25) is 19.8 Å². The number of carbonyl (C=O) groups is 1. The molecule has 38 heavy (non-hydrogen) atoms. The van der Waals surface area contributed by atoms with Crippen LogP contribution in [0.15, 0.2) is 30.3 Å². The molecule has 1 saturated heterocycles. The summed E-state index contributed by atoms with van der Waals surface area (Å²) >= 11 is 7.73. The Morgan fingerprint density at radius 1 is 1.21 bits per heavy atom. The molecule has 0 radical (unpaired) electrons. The number of aromatic nitrogens is 1. The van der Waals surface area contributed by atoms with Crippen molar-refractivity contribution in [1.82, 2.24) is 9.88 Å². The molecule has 3 aromatic rings. The molecule has 0 atom stereocenters. The number of benzene rings is 2. The molecule has 0 aliphatic carbocycles. The average Bonchev–Trinajstić information content (AvgIpc) is 3.37. The molecule has 1 aromatic heterocycles. The Morgan fingerprint density at radius 3 is 2.55 bits per heavy atom. The monoisotopic (exact) mass is 583 g/mol. The lowest BCUT2D eigenvalue weighted by molar-refractivity contribution is -0.384. The zero-order valence-electron chi connectivity index (χ0n) is 21.5. The first-order chi connectivity index (χ1) is 17.9. The number of thiazole rings is 1. The third kappa shape index (κ3) is 6.29. The fourth-order valence-corrected chi connectivity index (χ4v) is 5.60. The highest BCUT2D eigenvalue weighted by atomic mass is 35.5. The molecule has 1 aliphatic heterocycles. The van der Waals surface area contributed by atoms with Crippen molar-refractivity contribution in [1.29, 1.82) is 0 Å². The molecule has 1 aliphatic rings. The van der Waals surface area contributed by atoms with E-state index < -0.39 is 4.92 Å². The number of likely N-dealkylation sites (N-methyl/N-ethyl adjacent to an activating group) is 1. The van der Waals surface area contributed by atoms with Crippen LogP contribution in [0.1, 0.15) is 24.2 Å². The number of fused-ring (bicyclic) bond motifs is 1. The minimum Gasteiger partial charge on any atom is -0.494 e. The van der Waals surface area contributed by atoms with E-state index in [1.165, 1.54) is 17.4 Å². The van der Waals surface area contributed by atoms with Crippen molar-refractivity contribution in [2.75, 3.05) is 69.4 Å². The Hall–Kier alpha value is -2.70. The molecule has 4 rings (SSSR count). The lowest BCUT2D eigenvalue weighted by Crippen LogP contribution is -2.39. The van der Waals surface area contributed by atoms with Crippen LogP contribution in [0.2, 0.25) is 5.02 Å². The summed E-state index contributed by atoms with van der Waals surface area (Å²) in [4.78, 5) is 35.8. The highest BCUT2D eigenvalue weighted by Gasteiger charge is 2.28. The van der Waals surface area contributed by atoms with Gasteiger partial charge in [0, 0.05) is 37.8 Å². The lowest BCUT2D eigenvalue weighted by Gasteiger charge is -2.29. The number of methoxy groups -OCH3 is 1. The SMILES string of the molecule is CCN(CC)CCN(C(=O)c1ccc(N2CCOCC2)c([N+](=O)[O-])c1)c1nc2c(OC)ccc(Cl)c2s1.Cl. The van der Waals surface area contributed by atoms with Gasteiger partial charge in [-0.05, 0) is 37.4 Å². The quantitative estimate of drug-likeness (QED) is 0.239. The van der Waals surface area contributed by atoms with Gasteiger partial charge in [0.05, 0.1) is 35.0 Å². The highest BCUT2D eigenvalue weighted by Crippen LogP contribution is 2.39. The van der Waals surface area contributed by atoms with Crippen LogP contribution in [-0.4, -0.2) is 80.3 Å². The van der Waals surface area contributed by atoms with Crippen LogP contribution in [-0.2, 0) is 4.74 Å². The molecule has 0 N–H and O–H groups in total. The van der Waals surface area contributed by atoms with Crippen LogP contribution < -0.4 is 14.5 Å². The number of nitro benzene ring substituents is 1. The van der Waals surface area contributed by atoms with Gasteiger partial charge in [0.15, 0.2) is 5.13 Å². The third-order valence-corrected chi connectivity index (χ3v) is 7.99. The first-order valence-electron chi connectivity index (χ1n) is 12.2. The van der Waals surface area contributed by atoms with Gasteiger partial charge in [0.2, 0.25) is 0 Å². The third-order valence-electron chi connectivity index (χ3n) is 6.45. The van der Waals surface area contributed by atoms with Gasteiger partial charge in [0.25, 0.3) is 11.6 Å². The normalized spacial score (nSPS) is 13.4. The van der Waals surface area contributed by atoms with Crippen LogP contribution >= 0.6 is 35.3 Å². The maximum absolute atomic E-state index is 13.9. The number of rotatable bonds is 10. The minimum absolute atomic E-state index is 0. The molecular weight excluding hydrogens is 553 g/mol. The second kappa shape index (κ2) is 13.4. The number of hydrogen-bond acceptors (Lipinski definition) is 9. The Labute approximate surface area is 236 Å². The summed E-state index contributed by atoms with van der Waals surface area (Å²) in [6, 6.07) is 8.13. The summed E-state index contributed by atoms with van der Waals surface area (Å²) in [5, 5.41) is 12.9. The van der Waals surface area contributed by atoms with Crippen LogP contribution in [0.5, 0.6) is 5.75 Å². The van der Waals surface area contributed by atoms with Crippen LogP contribution in [0.25, 0.3) is 10.2 Å². The molecule has 2 aromatic carbocycles. The molecule has 10 nitrogen and oxygen atoms in total. The first kappa shape index (κ1) is 29.9. The van der Waals surface area contributed by atoms with E-state index in [-0.39, 0.29) is 29.6 Å². The van der Waals surface area contributed by atoms with E-state index in [2.05, 4.69) is 18.7 Å². The van der Waals surface area contributed by atoms with Crippen molar-refractivity contribution in [2.24, 2.45) is 0 Å². The van der Waals surface area contributed by atoms with Crippen molar-refractivity contribution < 1.29 is 19.2 Å². The maximum atomic E-state index is 13.9. The van der Waals surface area contributed by atoms with Crippen LogP contribution in [0.3, 0.4) is 0 Å². The van der Waals surface area contributed by atoms with E-state index in [0.29, 0.717) is 71.2 Å². The molecule has 206 valence electrons. The number of nitro groups is 1. The fraction of sp³-hybridized carbons (Fsp3) is 0.440. The number of morpholine rings is 1. The molecule has 2 heterocycles. The summed E-state index contributed by atoms with van der Waals surface area (Å²) in [6.07, 6.45) is 0. The van der Waals surface area contributed by atoms with Gasteiger partial charge >= 0.3 is 0 Å². The van der Waals surface area contributed by atoms with Crippen molar-refractivity contribution in [3.63, 3.8) is 0 Å². The van der Waals surface area contributed by atoms with E-state index >= 15 is 0 Å². The highest BCUT2D eigenvalue weighted by molar-refractivity contribution is 7.23. The van der Waals surface area contributed by atoms with Gasteiger partial charge in [-0.15, -0.1) is 12.4 Å². The van der Waals surface area contributed by atoms with E-state index in [9.17, 15) is 14.9 Å². The van der Waals surface area contributed by atoms with Gasteiger partial charge < -0.3 is 19.3 Å². The van der Waals surface area contributed by atoms with Gasteiger partial charge in [-0.25, -0.2) is 4.98 Å². The predicted octanol–water partition coefficient (Wildman–Crippen LogP) is 5.11. The van der Waals surface area contributed by atoms with E-state index in [1.54, 1.807) is 36.3 Å². The van der Waals surface area contributed by atoms with Gasteiger partial charge in [-0.2, -0.15) is 0 Å².